The van der Waals surface area contributed by atoms with Gasteiger partial charge < -0.3 is 10.2 Å². The van der Waals surface area contributed by atoms with Gasteiger partial charge in [0.2, 0.25) is 0 Å². The van der Waals surface area contributed by atoms with Crippen molar-refractivity contribution in [3.05, 3.63) is 0 Å². The molecular weight excluding hydrogens is 253 g/mol. The van der Waals surface area contributed by atoms with Gasteiger partial charge in [0, 0.05) is 0 Å². The first-order chi connectivity index (χ1) is 6.97. The Hall–Kier alpha value is 0.710. The molecule has 8 nitrogen and oxygen atoms in total. The van der Waals surface area contributed by atoms with E-state index in [1.165, 1.54) is 6.92 Å². The fraction of sp³-hybridized carbons (Fsp3) is 1.00. The zero-order valence-electron chi connectivity index (χ0n) is 8.42. The first kappa shape index (κ1) is 21.9. The second kappa shape index (κ2) is 15.7. The van der Waals surface area contributed by atoms with Crippen molar-refractivity contribution in [3.63, 3.8) is 0 Å². The summed E-state index contributed by atoms with van der Waals surface area (Å²) in [5.74, 6) is -0.201. The van der Waals surface area contributed by atoms with Crippen LogP contribution < -0.4 is 5.64 Å². The van der Waals surface area contributed by atoms with Crippen molar-refractivity contribution < 1.29 is 32.9 Å². The van der Waals surface area contributed by atoms with Crippen molar-refractivity contribution in [2.45, 2.75) is 6.92 Å². The van der Waals surface area contributed by atoms with Crippen LogP contribution in [0.5, 0.6) is 0 Å². The molecule has 0 bridgehead atoms. The fourth-order valence-electron chi connectivity index (χ4n) is 0.216. The third kappa shape index (κ3) is 29.3. The summed E-state index contributed by atoms with van der Waals surface area (Å²) in [7, 11) is -3.66. The third-order valence-electron chi connectivity index (χ3n) is 0.869. The molecule has 0 aliphatic rings. The number of nitrogens with one attached hydrogen (secondary N) is 1. The van der Waals surface area contributed by atoms with Crippen LogP contribution in [0.25, 0.3) is 0 Å². The van der Waals surface area contributed by atoms with Gasteiger partial charge in [0.05, 0.1) is 32.2 Å². The number of hydrogen-bond donors (Lipinski definition) is 4. The summed E-state index contributed by atoms with van der Waals surface area (Å²) in [5.41, 5.74) is 2.07. The van der Waals surface area contributed by atoms with Crippen LogP contribution in [0.1, 0.15) is 6.92 Å². The molecule has 0 saturated heterocycles. The molecule has 0 heterocycles. The summed E-state index contributed by atoms with van der Waals surface area (Å²) in [6, 6.07) is 0. The predicted molar refractivity (Wildman–Crippen MR) is 58.4 cm³/mol. The molecule has 10 heteroatoms. The van der Waals surface area contributed by atoms with Crippen LogP contribution in [0.15, 0.2) is 0 Å². The van der Waals surface area contributed by atoms with Gasteiger partial charge in [0.25, 0.3) is 10.1 Å². The monoisotopic (exact) mass is 271 g/mol. The SMILES string of the molecule is CCS(=O)(=O)O.OCCONOCCO.[NaH]. The molecule has 0 aliphatic carbocycles. The first-order valence-electron chi connectivity index (χ1n) is 4.13. The average molecular weight is 271 g/mol. The molecule has 0 amide bonds. The molecule has 4 N–H and O–H groups in total. The zero-order chi connectivity index (χ0) is 12.2. The second-order valence-corrected chi connectivity index (χ2v) is 3.84. The summed E-state index contributed by atoms with van der Waals surface area (Å²) in [6.45, 7) is 1.59. The minimum absolute atomic E-state index is 0. The summed E-state index contributed by atoms with van der Waals surface area (Å²) >= 11 is 0. The molecule has 0 radical (unpaired) electrons. The first-order valence-corrected chi connectivity index (χ1v) is 5.74. The molecular formula is C6H18NNaO7S. The summed E-state index contributed by atoms with van der Waals surface area (Å²) < 4.78 is 26.9. The summed E-state index contributed by atoms with van der Waals surface area (Å²) in [4.78, 5) is 8.90. The van der Waals surface area contributed by atoms with E-state index in [1.54, 1.807) is 0 Å². The maximum atomic E-state index is 9.56. The maximum absolute atomic E-state index is 9.56. The Morgan fingerprint density at radius 3 is 1.62 bits per heavy atom. The molecule has 0 aromatic heterocycles. The normalized spacial score (nSPS) is 10.0. The van der Waals surface area contributed by atoms with Crippen molar-refractivity contribution in [1.82, 2.24) is 5.64 Å². The van der Waals surface area contributed by atoms with Crippen LogP contribution in [0.3, 0.4) is 0 Å². The summed E-state index contributed by atoms with van der Waals surface area (Å²) in [6.07, 6.45) is 0. The van der Waals surface area contributed by atoms with Gasteiger partial charge in [0.1, 0.15) is 0 Å². The topological polar surface area (TPSA) is 125 Å². The molecule has 0 saturated carbocycles. The average Bonchev–Trinajstić information content (AvgIpc) is 2.18. The van der Waals surface area contributed by atoms with Crippen LogP contribution in [0, 0.1) is 0 Å². The van der Waals surface area contributed by atoms with Crippen LogP contribution in [0.4, 0.5) is 0 Å². The molecule has 0 atom stereocenters. The Labute approximate surface area is 117 Å². The molecule has 0 rings (SSSR count). The third-order valence-corrected chi connectivity index (χ3v) is 1.60. The Morgan fingerprint density at radius 1 is 1.12 bits per heavy atom. The van der Waals surface area contributed by atoms with Gasteiger partial charge in [-0.25, -0.2) is 0 Å². The Bertz CT molecular complexity index is 205. The molecule has 0 fully saturated rings. The molecule has 16 heavy (non-hydrogen) atoms. The Morgan fingerprint density at radius 2 is 1.44 bits per heavy atom. The van der Waals surface area contributed by atoms with Crippen molar-refractivity contribution in [2.24, 2.45) is 0 Å². The van der Waals surface area contributed by atoms with Gasteiger partial charge in [-0.2, -0.15) is 8.42 Å². The van der Waals surface area contributed by atoms with E-state index < -0.39 is 10.1 Å². The minimum atomic E-state index is -3.66. The van der Waals surface area contributed by atoms with E-state index in [0.29, 0.717) is 0 Å². The van der Waals surface area contributed by atoms with E-state index in [0.717, 1.165) is 0 Å². The van der Waals surface area contributed by atoms with Crippen LogP contribution in [-0.2, 0) is 19.8 Å². The second-order valence-electron chi connectivity index (χ2n) is 2.10. The van der Waals surface area contributed by atoms with Crippen molar-refractivity contribution in [1.29, 1.82) is 0 Å². The van der Waals surface area contributed by atoms with E-state index >= 15 is 0 Å². The zero-order valence-corrected chi connectivity index (χ0v) is 9.23. The van der Waals surface area contributed by atoms with E-state index in [9.17, 15) is 8.42 Å². The van der Waals surface area contributed by atoms with Crippen molar-refractivity contribution in [2.75, 3.05) is 32.2 Å². The molecule has 0 unspecified atom stereocenters. The standard InChI is InChI=1S/C4H11NO4.C2H6O3S.Na.H/c6-1-3-8-5-9-4-2-7;1-2-6(3,4)5;;/h5-7H,1-4H2;2H2,1H3,(H,3,4,5);;. The van der Waals surface area contributed by atoms with Gasteiger partial charge in [-0.15, -0.1) is 0 Å². The molecule has 96 valence electrons. The predicted octanol–water partition coefficient (Wildman–Crippen LogP) is -2.33. The molecule has 0 aromatic rings. The number of hydrogen-bond acceptors (Lipinski definition) is 7. The fourth-order valence-corrected chi connectivity index (χ4v) is 0.216. The van der Waals surface area contributed by atoms with E-state index in [1.807, 2.05) is 0 Å². The number of aliphatic hydroxyl groups is 2. The quantitative estimate of drug-likeness (QED) is 0.176. The van der Waals surface area contributed by atoms with Crippen LogP contribution in [0.2, 0.25) is 0 Å². The van der Waals surface area contributed by atoms with E-state index in [-0.39, 0.29) is 61.7 Å². The molecule has 0 spiro atoms. The Balaban J connectivity index is -0.000000214. The van der Waals surface area contributed by atoms with Gasteiger partial charge >= 0.3 is 29.6 Å². The van der Waals surface area contributed by atoms with Gasteiger partial charge in [-0.05, 0) is 6.92 Å². The van der Waals surface area contributed by atoms with Crippen molar-refractivity contribution >= 4 is 39.7 Å². The number of aliphatic hydroxyl groups excluding tert-OH is 2. The van der Waals surface area contributed by atoms with Crippen LogP contribution >= 0.6 is 0 Å². The number of rotatable bonds is 7. The molecule has 0 aliphatic heterocycles. The summed E-state index contributed by atoms with van der Waals surface area (Å²) in [5, 5.41) is 16.3. The molecule has 0 aromatic carbocycles. The van der Waals surface area contributed by atoms with E-state index in [4.69, 9.17) is 14.8 Å². The van der Waals surface area contributed by atoms with Crippen LogP contribution in [-0.4, -0.2) is 84.9 Å². The van der Waals surface area contributed by atoms with Gasteiger partial charge in [-0.1, -0.05) is 5.64 Å². The van der Waals surface area contributed by atoms with Gasteiger partial charge in [-0.3, -0.25) is 14.2 Å². The Kier molecular flexibility index (Phi) is 21.5. The van der Waals surface area contributed by atoms with E-state index in [2.05, 4.69) is 15.3 Å². The van der Waals surface area contributed by atoms with Crippen molar-refractivity contribution in [3.8, 4) is 0 Å². The van der Waals surface area contributed by atoms with Gasteiger partial charge in [0.15, 0.2) is 0 Å².